The summed E-state index contributed by atoms with van der Waals surface area (Å²) in [7, 11) is 0. The van der Waals surface area contributed by atoms with Gasteiger partial charge in [0, 0.05) is 6.42 Å². The zero-order valence-corrected chi connectivity index (χ0v) is 6.72. The molecule has 0 heterocycles. The third-order valence-corrected chi connectivity index (χ3v) is 2.02. The number of nitriles is 1. The second kappa shape index (κ2) is 4.29. The van der Waals surface area contributed by atoms with Crippen LogP contribution in [-0.4, -0.2) is 10.7 Å². The fraction of sp³-hybridized carbons (Fsp3) is 0.875. The Bertz CT molecular complexity index is 122. The van der Waals surface area contributed by atoms with Crippen LogP contribution in [0.3, 0.4) is 0 Å². The van der Waals surface area contributed by atoms with Crippen LogP contribution in [0, 0.1) is 11.3 Å². The highest BCUT2D eigenvalue weighted by Gasteiger charge is 2.20. The summed E-state index contributed by atoms with van der Waals surface area (Å²) in [6.07, 6.45) is 2.55. The van der Waals surface area contributed by atoms with E-state index in [1.54, 1.807) is 0 Å². The van der Waals surface area contributed by atoms with E-state index in [0.29, 0.717) is 12.8 Å². The Labute approximate surface area is 62.5 Å². The minimum Gasteiger partial charge on any atom is -0.390 e. The van der Waals surface area contributed by atoms with Crippen LogP contribution in [0.5, 0.6) is 0 Å². The largest absolute Gasteiger partial charge is 0.390 e. The third-order valence-electron chi connectivity index (χ3n) is 2.02. The van der Waals surface area contributed by atoms with Gasteiger partial charge in [-0.05, 0) is 19.3 Å². The van der Waals surface area contributed by atoms with Crippen LogP contribution in [0.4, 0.5) is 0 Å². The summed E-state index contributed by atoms with van der Waals surface area (Å²) in [5, 5.41) is 17.9. The van der Waals surface area contributed by atoms with Crippen molar-refractivity contribution in [1.29, 1.82) is 5.26 Å². The van der Waals surface area contributed by atoms with Gasteiger partial charge in [-0.3, -0.25) is 0 Å². The van der Waals surface area contributed by atoms with Crippen LogP contribution in [0.15, 0.2) is 0 Å². The van der Waals surface area contributed by atoms with E-state index in [4.69, 9.17) is 5.26 Å². The highest BCUT2D eigenvalue weighted by atomic mass is 16.3. The van der Waals surface area contributed by atoms with Gasteiger partial charge in [0.25, 0.3) is 0 Å². The molecular weight excluding hydrogens is 126 g/mol. The van der Waals surface area contributed by atoms with Crippen molar-refractivity contribution in [2.75, 3.05) is 0 Å². The molecule has 0 aromatic carbocycles. The van der Waals surface area contributed by atoms with Gasteiger partial charge >= 0.3 is 0 Å². The van der Waals surface area contributed by atoms with Crippen molar-refractivity contribution < 1.29 is 5.11 Å². The molecule has 0 fully saturated rings. The van der Waals surface area contributed by atoms with Crippen LogP contribution in [0.2, 0.25) is 0 Å². The van der Waals surface area contributed by atoms with Gasteiger partial charge in [0.05, 0.1) is 11.7 Å². The lowest BCUT2D eigenvalue weighted by atomic mass is 9.92. The smallest absolute Gasteiger partial charge is 0.0652 e. The van der Waals surface area contributed by atoms with Crippen LogP contribution < -0.4 is 0 Å². The molecule has 0 aromatic heterocycles. The van der Waals surface area contributed by atoms with E-state index in [1.165, 1.54) is 0 Å². The minimum atomic E-state index is -0.588. The van der Waals surface area contributed by atoms with Crippen molar-refractivity contribution in [2.45, 2.75) is 45.1 Å². The second-order valence-electron chi connectivity index (χ2n) is 2.59. The Morgan fingerprint density at radius 2 is 1.90 bits per heavy atom. The third kappa shape index (κ3) is 2.84. The average molecular weight is 141 g/mol. The topological polar surface area (TPSA) is 44.0 Å². The molecule has 58 valence electrons. The maximum atomic E-state index is 9.61. The van der Waals surface area contributed by atoms with Crippen molar-refractivity contribution in [3.05, 3.63) is 0 Å². The van der Waals surface area contributed by atoms with Crippen LogP contribution in [-0.2, 0) is 0 Å². The zero-order chi connectivity index (χ0) is 8.04. The van der Waals surface area contributed by atoms with Crippen LogP contribution in [0.25, 0.3) is 0 Å². The SMILES string of the molecule is CCC(O)(CC)CCC#N. The lowest BCUT2D eigenvalue weighted by molar-refractivity contribution is 0.0250. The molecule has 0 spiro atoms. The molecule has 0 radical (unpaired) electrons. The minimum absolute atomic E-state index is 0.457. The summed E-state index contributed by atoms with van der Waals surface area (Å²) in [4.78, 5) is 0. The van der Waals surface area contributed by atoms with E-state index in [1.807, 2.05) is 19.9 Å². The molecule has 0 unspecified atom stereocenters. The first-order valence-electron chi connectivity index (χ1n) is 3.78. The number of hydrogen-bond acceptors (Lipinski definition) is 2. The summed E-state index contributed by atoms with van der Waals surface area (Å²) in [5.41, 5.74) is -0.588. The van der Waals surface area contributed by atoms with Gasteiger partial charge in [0.15, 0.2) is 0 Å². The van der Waals surface area contributed by atoms with Crippen molar-refractivity contribution in [3.8, 4) is 6.07 Å². The molecule has 2 heteroatoms. The molecule has 0 bridgehead atoms. The highest BCUT2D eigenvalue weighted by molar-refractivity contribution is 4.80. The molecule has 0 aliphatic heterocycles. The predicted octanol–water partition coefficient (Wildman–Crippen LogP) is 1.84. The summed E-state index contributed by atoms with van der Waals surface area (Å²) in [6.45, 7) is 3.89. The Morgan fingerprint density at radius 1 is 1.40 bits per heavy atom. The summed E-state index contributed by atoms with van der Waals surface area (Å²) < 4.78 is 0. The second-order valence-corrected chi connectivity index (χ2v) is 2.59. The van der Waals surface area contributed by atoms with Gasteiger partial charge in [0.1, 0.15) is 0 Å². The lowest BCUT2D eigenvalue weighted by Gasteiger charge is -2.23. The quantitative estimate of drug-likeness (QED) is 0.649. The zero-order valence-electron chi connectivity index (χ0n) is 6.72. The summed E-state index contributed by atoms with van der Waals surface area (Å²) >= 11 is 0. The Morgan fingerprint density at radius 3 is 2.20 bits per heavy atom. The Hall–Kier alpha value is -0.550. The number of rotatable bonds is 4. The van der Waals surface area contributed by atoms with Crippen molar-refractivity contribution >= 4 is 0 Å². The fourth-order valence-corrected chi connectivity index (χ4v) is 0.892. The molecular formula is C8H15NO. The number of aliphatic hydroxyl groups is 1. The standard InChI is InChI=1S/C8H15NO/c1-3-8(10,4-2)6-5-7-9/h10H,3-6H2,1-2H3. The van der Waals surface area contributed by atoms with Gasteiger partial charge in [-0.1, -0.05) is 13.8 Å². The molecule has 10 heavy (non-hydrogen) atoms. The normalized spacial score (nSPS) is 11.0. The van der Waals surface area contributed by atoms with E-state index in [2.05, 4.69) is 0 Å². The van der Waals surface area contributed by atoms with Crippen molar-refractivity contribution in [1.82, 2.24) is 0 Å². The van der Waals surface area contributed by atoms with Crippen LogP contribution >= 0.6 is 0 Å². The van der Waals surface area contributed by atoms with E-state index < -0.39 is 5.60 Å². The first kappa shape index (κ1) is 9.45. The van der Waals surface area contributed by atoms with E-state index >= 15 is 0 Å². The predicted molar refractivity (Wildman–Crippen MR) is 40.4 cm³/mol. The molecule has 0 saturated heterocycles. The molecule has 1 N–H and O–H groups in total. The maximum Gasteiger partial charge on any atom is 0.0652 e. The van der Waals surface area contributed by atoms with Crippen molar-refractivity contribution in [3.63, 3.8) is 0 Å². The average Bonchev–Trinajstić information content (AvgIpc) is 2.00. The van der Waals surface area contributed by atoms with Gasteiger partial charge in [-0.25, -0.2) is 0 Å². The Kier molecular flexibility index (Phi) is 4.06. The monoisotopic (exact) mass is 141 g/mol. The van der Waals surface area contributed by atoms with E-state index in [9.17, 15) is 5.11 Å². The van der Waals surface area contributed by atoms with Crippen molar-refractivity contribution in [2.24, 2.45) is 0 Å². The van der Waals surface area contributed by atoms with E-state index in [-0.39, 0.29) is 0 Å². The number of hydrogen-bond donors (Lipinski definition) is 1. The molecule has 0 aliphatic rings. The molecule has 0 aliphatic carbocycles. The van der Waals surface area contributed by atoms with E-state index in [0.717, 1.165) is 12.8 Å². The van der Waals surface area contributed by atoms with Gasteiger partial charge < -0.3 is 5.11 Å². The fourth-order valence-electron chi connectivity index (χ4n) is 0.892. The molecule has 2 nitrogen and oxygen atoms in total. The number of nitrogens with zero attached hydrogens (tertiary/aromatic N) is 1. The molecule has 0 amide bonds. The Balaban J connectivity index is 3.71. The first-order valence-corrected chi connectivity index (χ1v) is 3.78. The molecule has 0 atom stereocenters. The highest BCUT2D eigenvalue weighted by Crippen LogP contribution is 2.20. The molecule has 0 rings (SSSR count). The molecule has 0 aromatic rings. The van der Waals surface area contributed by atoms with Crippen LogP contribution in [0.1, 0.15) is 39.5 Å². The molecule has 0 saturated carbocycles. The lowest BCUT2D eigenvalue weighted by Crippen LogP contribution is -2.25. The summed E-state index contributed by atoms with van der Waals surface area (Å²) in [5.74, 6) is 0. The first-order chi connectivity index (χ1) is 4.68. The van der Waals surface area contributed by atoms with Gasteiger partial charge in [-0.15, -0.1) is 0 Å². The maximum absolute atomic E-state index is 9.61. The summed E-state index contributed by atoms with van der Waals surface area (Å²) in [6, 6.07) is 2.03. The van der Waals surface area contributed by atoms with Gasteiger partial charge in [0.2, 0.25) is 0 Å². The van der Waals surface area contributed by atoms with Gasteiger partial charge in [-0.2, -0.15) is 5.26 Å².